The lowest BCUT2D eigenvalue weighted by Gasteiger charge is -2.39. The van der Waals surface area contributed by atoms with Crippen molar-refractivity contribution in [2.75, 3.05) is 7.11 Å². The van der Waals surface area contributed by atoms with E-state index in [9.17, 15) is 9.59 Å². The Kier molecular flexibility index (Phi) is 4.62. The fourth-order valence-corrected chi connectivity index (χ4v) is 4.25. The second kappa shape index (κ2) is 6.45. The zero-order valence-electron chi connectivity index (χ0n) is 14.9. The van der Waals surface area contributed by atoms with Crippen molar-refractivity contribution in [3.63, 3.8) is 0 Å². The summed E-state index contributed by atoms with van der Waals surface area (Å²) in [7, 11) is 1.37. The van der Waals surface area contributed by atoms with Crippen LogP contribution < -0.4 is 5.32 Å². The van der Waals surface area contributed by atoms with Crippen molar-refractivity contribution in [1.29, 1.82) is 0 Å². The van der Waals surface area contributed by atoms with Gasteiger partial charge in [0.25, 0.3) is 0 Å². The largest absolute Gasteiger partial charge is 0.466 e. The molecular formula is C20H22BrNO3. The molecule has 25 heavy (non-hydrogen) atoms. The fourth-order valence-electron chi connectivity index (χ4n) is 3.84. The van der Waals surface area contributed by atoms with Gasteiger partial charge in [0, 0.05) is 33.8 Å². The molecule has 1 aliphatic carbocycles. The lowest BCUT2D eigenvalue weighted by molar-refractivity contribution is -0.136. The number of carbonyl (C=O) groups is 2. The summed E-state index contributed by atoms with van der Waals surface area (Å²) in [5, 5.41) is 3.31. The fraction of sp³-hybridized carbons (Fsp3) is 0.400. The van der Waals surface area contributed by atoms with Crippen LogP contribution in [-0.2, 0) is 14.3 Å². The number of benzene rings is 1. The van der Waals surface area contributed by atoms with Crippen molar-refractivity contribution in [2.45, 2.75) is 39.5 Å². The van der Waals surface area contributed by atoms with E-state index in [2.05, 4.69) is 35.1 Å². The molecule has 4 nitrogen and oxygen atoms in total. The average Bonchev–Trinajstić information content (AvgIpc) is 2.51. The number of hydrogen-bond donors (Lipinski definition) is 1. The van der Waals surface area contributed by atoms with E-state index >= 15 is 0 Å². The minimum Gasteiger partial charge on any atom is -0.466 e. The Balaban J connectivity index is 2.21. The third-order valence-electron chi connectivity index (χ3n) is 4.83. The number of dihydropyridines is 1. The van der Waals surface area contributed by atoms with Gasteiger partial charge >= 0.3 is 5.97 Å². The van der Waals surface area contributed by atoms with Gasteiger partial charge in [-0.15, -0.1) is 0 Å². The molecule has 0 spiro atoms. The topological polar surface area (TPSA) is 55.4 Å². The second-order valence-electron chi connectivity index (χ2n) is 7.48. The van der Waals surface area contributed by atoms with E-state index in [4.69, 9.17) is 4.74 Å². The number of hydrogen-bond acceptors (Lipinski definition) is 4. The predicted octanol–water partition coefficient (Wildman–Crippen LogP) is 4.23. The van der Waals surface area contributed by atoms with Gasteiger partial charge in [-0.3, -0.25) is 4.79 Å². The first-order valence-electron chi connectivity index (χ1n) is 8.31. The molecule has 0 amide bonds. The standard InChI is InChI=1S/C20H22BrNO3/c1-11-16(19(24)25-4)17(12-6-5-7-13(21)8-12)18-14(22-11)9-20(2,3)10-15(18)23/h5-8,17,22H,9-10H2,1-4H3/t17-/m1/s1. The molecule has 0 unspecified atom stereocenters. The molecule has 1 aromatic rings. The number of ketones is 1. The second-order valence-corrected chi connectivity index (χ2v) is 8.39. The van der Waals surface area contributed by atoms with Gasteiger partial charge in [-0.25, -0.2) is 4.79 Å². The summed E-state index contributed by atoms with van der Waals surface area (Å²) in [4.78, 5) is 25.5. The Morgan fingerprint density at radius 2 is 2.04 bits per heavy atom. The Labute approximate surface area is 156 Å². The maximum atomic E-state index is 13.0. The van der Waals surface area contributed by atoms with E-state index in [0.717, 1.165) is 27.9 Å². The van der Waals surface area contributed by atoms with Crippen LogP contribution in [0.4, 0.5) is 0 Å². The van der Waals surface area contributed by atoms with Gasteiger partial charge in [0.2, 0.25) is 0 Å². The van der Waals surface area contributed by atoms with Crippen molar-refractivity contribution in [2.24, 2.45) is 5.41 Å². The number of ether oxygens (including phenoxy) is 1. The highest BCUT2D eigenvalue weighted by Gasteiger charge is 2.42. The SMILES string of the molecule is COC(=O)C1=C(C)NC2=C(C(=O)CC(C)(C)C2)[C@@H]1c1cccc(Br)c1. The van der Waals surface area contributed by atoms with Crippen LogP contribution in [0.25, 0.3) is 0 Å². The van der Waals surface area contributed by atoms with Gasteiger partial charge in [-0.2, -0.15) is 0 Å². The molecule has 1 heterocycles. The molecule has 0 saturated carbocycles. The molecule has 3 rings (SSSR count). The molecule has 1 N–H and O–H groups in total. The van der Waals surface area contributed by atoms with Crippen molar-refractivity contribution in [3.05, 3.63) is 56.8 Å². The first-order valence-corrected chi connectivity index (χ1v) is 9.10. The molecule has 0 fully saturated rings. The normalized spacial score (nSPS) is 22.4. The maximum Gasteiger partial charge on any atom is 0.336 e. The molecular weight excluding hydrogens is 382 g/mol. The van der Waals surface area contributed by atoms with Crippen molar-refractivity contribution >= 4 is 27.7 Å². The van der Waals surface area contributed by atoms with Crippen LogP contribution in [0.5, 0.6) is 0 Å². The minimum absolute atomic E-state index is 0.0895. The molecule has 0 radical (unpaired) electrons. The number of carbonyl (C=O) groups excluding carboxylic acids is 2. The van der Waals surface area contributed by atoms with Gasteiger partial charge in [0.05, 0.1) is 12.7 Å². The highest BCUT2D eigenvalue weighted by molar-refractivity contribution is 9.10. The first kappa shape index (κ1) is 17.9. The number of rotatable bonds is 2. The highest BCUT2D eigenvalue weighted by Crippen LogP contribution is 2.46. The van der Waals surface area contributed by atoms with Gasteiger partial charge < -0.3 is 10.1 Å². The Morgan fingerprint density at radius 3 is 2.68 bits per heavy atom. The van der Waals surface area contributed by atoms with Crippen LogP contribution in [0.1, 0.15) is 45.1 Å². The van der Waals surface area contributed by atoms with E-state index in [1.54, 1.807) is 0 Å². The van der Waals surface area contributed by atoms with E-state index in [1.165, 1.54) is 7.11 Å². The number of nitrogens with one attached hydrogen (secondary N) is 1. The first-order chi connectivity index (χ1) is 11.7. The third kappa shape index (κ3) is 3.30. The molecule has 0 aromatic heterocycles. The summed E-state index contributed by atoms with van der Waals surface area (Å²) < 4.78 is 5.93. The predicted molar refractivity (Wildman–Crippen MR) is 99.8 cm³/mol. The van der Waals surface area contributed by atoms with Gasteiger partial charge in [0.15, 0.2) is 5.78 Å². The van der Waals surface area contributed by atoms with Crippen LogP contribution in [-0.4, -0.2) is 18.9 Å². The lowest BCUT2D eigenvalue weighted by atomic mass is 9.68. The third-order valence-corrected chi connectivity index (χ3v) is 5.32. The number of halogens is 1. The monoisotopic (exact) mass is 403 g/mol. The molecule has 0 saturated heterocycles. The summed E-state index contributed by atoms with van der Waals surface area (Å²) >= 11 is 3.49. The molecule has 132 valence electrons. The molecule has 0 bridgehead atoms. The lowest BCUT2D eigenvalue weighted by Crippen LogP contribution is -2.38. The quantitative estimate of drug-likeness (QED) is 0.750. The molecule has 1 aliphatic heterocycles. The Bertz CT molecular complexity index is 820. The smallest absolute Gasteiger partial charge is 0.336 e. The summed E-state index contributed by atoms with van der Waals surface area (Å²) in [6, 6.07) is 7.77. The molecule has 5 heteroatoms. The summed E-state index contributed by atoms with van der Waals surface area (Å²) in [5.41, 5.74) is 3.71. The van der Waals surface area contributed by atoms with Gasteiger partial charge in [-0.05, 0) is 36.5 Å². The van der Waals surface area contributed by atoms with E-state index in [1.807, 2.05) is 31.2 Å². The van der Waals surface area contributed by atoms with Crippen LogP contribution >= 0.6 is 15.9 Å². The van der Waals surface area contributed by atoms with Crippen molar-refractivity contribution < 1.29 is 14.3 Å². The average molecular weight is 404 g/mol. The molecule has 1 atom stereocenters. The minimum atomic E-state index is -0.404. The number of esters is 1. The van der Waals surface area contributed by atoms with E-state index in [-0.39, 0.29) is 11.2 Å². The molecule has 2 aliphatic rings. The van der Waals surface area contributed by atoms with Gasteiger partial charge in [0.1, 0.15) is 0 Å². The van der Waals surface area contributed by atoms with Crippen molar-refractivity contribution in [1.82, 2.24) is 5.32 Å². The summed E-state index contributed by atoms with van der Waals surface area (Å²) in [6.45, 7) is 6.06. The van der Waals surface area contributed by atoms with Crippen LogP contribution in [0.3, 0.4) is 0 Å². The van der Waals surface area contributed by atoms with E-state index in [0.29, 0.717) is 17.6 Å². The zero-order valence-corrected chi connectivity index (χ0v) is 16.5. The zero-order chi connectivity index (χ0) is 18.4. The summed E-state index contributed by atoms with van der Waals surface area (Å²) in [6.07, 6.45) is 1.26. The van der Waals surface area contributed by atoms with Crippen LogP contribution in [0, 0.1) is 5.41 Å². The Hall–Kier alpha value is -1.88. The highest BCUT2D eigenvalue weighted by atomic mass is 79.9. The maximum absolute atomic E-state index is 13.0. The number of allylic oxidation sites excluding steroid dienone is 3. The van der Waals surface area contributed by atoms with E-state index < -0.39 is 11.9 Å². The Morgan fingerprint density at radius 1 is 1.32 bits per heavy atom. The molecule has 1 aromatic carbocycles. The number of Topliss-reactive ketones (excluding diaryl/α,β-unsaturated/α-hetero) is 1. The summed E-state index contributed by atoms with van der Waals surface area (Å²) in [5.74, 6) is -0.707. The van der Waals surface area contributed by atoms with Crippen LogP contribution in [0.15, 0.2) is 51.3 Å². The van der Waals surface area contributed by atoms with Gasteiger partial charge in [-0.1, -0.05) is 41.9 Å². The van der Waals surface area contributed by atoms with Crippen molar-refractivity contribution in [3.8, 4) is 0 Å². The van der Waals surface area contributed by atoms with Crippen LogP contribution in [0.2, 0.25) is 0 Å². The number of methoxy groups -OCH3 is 1.